The number of hydrogen-bond acceptors (Lipinski definition) is 2. The number of carbonyl (C=O) groups is 1. The van der Waals surface area contributed by atoms with Gasteiger partial charge in [0.25, 0.3) is 0 Å². The number of aromatic nitrogens is 1. The smallest absolute Gasteiger partial charge is 0.166 e. The molecule has 1 N–H and O–H groups in total. The van der Waals surface area contributed by atoms with Crippen LogP contribution in [0.3, 0.4) is 0 Å². The van der Waals surface area contributed by atoms with Crippen molar-refractivity contribution < 1.29 is 9.18 Å². The van der Waals surface area contributed by atoms with E-state index in [4.69, 9.17) is 0 Å². The Labute approximate surface area is 110 Å². The lowest BCUT2D eigenvalue weighted by Crippen LogP contribution is -2.19. The fourth-order valence-corrected chi connectivity index (χ4v) is 3.49. The molecule has 0 aliphatic carbocycles. The molecule has 0 saturated carbocycles. The summed E-state index contributed by atoms with van der Waals surface area (Å²) >= 11 is 0. The minimum absolute atomic E-state index is 0.0720. The second kappa shape index (κ2) is 3.90. The molecule has 0 unspecified atom stereocenters. The van der Waals surface area contributed by atoms with Gasteiger partial charge in [0.05, 0.1) is 5.52 Å². The standard InChI is InChI=1S/C15H15FN2O/c16-9-7-11-10-1-4-17-5-2-13(10)18-6-3-14(19)12(8-9)15(11)18/h7-8,17H,1-6H2. The highest BCUT2D eigenvalue weighted by atomic mass is 19.1. The summed E-state index contributed by atoms with van der Waals surface area (Å²) in [6.45, 7) is 2.62. The largest absolute Gasteiger partial charge is 0.343 e. The minimum atomic E-state index is -0.296. The molecular weight excluding hydrogens is 243 g/mol. The van der Waals surface area contributed by atoms with Crippen molar-refractivity contribution in [2.75, 3.05) is 13.1 Å². The quantitative estimate of drug-likeness (QED) is 0.784. The van der Waals surface area contributed by atoms with E-state index in [1.807, 2.05) is 0 Å². The SMILES string of the molecule is O=C1CCn2c3c(c4cc(F)cc1c42)CCNCC3. The monoisotopic (exact) mass is 258 g/mol. The number of benzene rings is 1. The Bertz CT molecular complexity index is 702. The van der Waals surface area contributed by atoms with Crippen LogP contribution in [-0.2, 0) is 19.4 Å². The van der Waals surface area contributed by atoms with E-state index in [0.717, 1.165) is 43.4 Å². The van der Waals surface area contributed by atoms with Crippen LogP contribution >= 0.6 is 0 Å². The first kappa shape index (κ1) is 11.2. The second-order valence-corrected chi connectivity index (χ2v) is 5.35. The first-order valence-corrected chi connectivity index (χ1v) is 6.83. The highest BCUT2D eigenvalue weighted by Gasteiger charge is 2.27. The van der Waals surface area contributed by atoms with Crippen LogP contribution in [0.25, 0.3) is 10.9 Å². The molecule has 4 heteroatoms. The van der Waals surface area contributed by atoms with Crippen molar-refractivity contribution in [1.82, 2.24) is 9.88 Å². The van der Waals surface area contributed by atoms with Crippen LogP contribution < -0.4 is 5.32 Å². The zero-order valence-corrected chi connectivity index (χ0v) is 10.6. The zero-order chi connectivity index (χ0) is 13.0. The van der Waals surface area contributed by atoms with E-state index < -0.39 is 0 Å². The van der Waals surface area contributed by atoms with Crippen molar-refractivity contribution in [3.8, 4) is 0 Å². The first-order valence-electron chi connectivity index (χ1n) is 6.83. The molecule has 4 rings (SSSR count). The average molecular weight is 258 g/mol. The van der Waals surface area contributed by atoms with Crippen LogP contribution in [0.4, 0.5) is 4.39 Å². The van der Waals surface area contributed by atoms with E-state index in [1.54, 1.807) is 6.07 Å². The van der Waals surface area contributed by atoms with Gasteiger partial charge in [0.2, 0.25) is 0 Å². The average Bonchev–Trinajstić information content (AvgIpc) is 2.58. The number of hydrogen-bond donors (Lipinski definition) is 1. The predicted molar refractivity (Wildman–Crippen MR) is 71.1 cm³/mol. The lowest BCUT2D eigenvalue weighted by molar-refractivity contribution is 0.0972. The third kappa shape index (κ3) is 1.49. The Kier molecular flexibility index (Phi) is 2.30. The van der Waals surface area contributed by atoms with E-state index in [0.29, 0.717) is 12.0 Å². The molecule has 2 aromatic rings. The lowest BCUT2D eigenvalue weighted by atomic mass is 10.00. The number of halogens is 1. The fourth-order valence-electron chi connectivity index (χ4n) is 3.49. The highest BCUT2D eigenvalue weighted by molar-refractivity contribution is 6.09. The molecule has 0 fully saturated rings. The van der Waals surface area contributed by atoms with Crippen LogP contribution in [-0.4, -0.2) is 23.4 Å². The van der Waals surface area contributed by atoms with Gasteiger partial charge >= 0.3 is 0 Å². The number of nitrogens with one attached hydrogen (secondary N) is 1. The Hall–Kier alpha value is -1.68. The molecule has 2 aliphatic heterocycles. The van der Waals surface area contributed by atoms with Crippen molar-refractivity contribution >= 4 is 16.7 Å². The minimum Gasteiger partial charge on any atom is -0.343 e. The molecule has 98 valence electrons. The number of rotatable bonds is 0. The normalized spacial score (nSPS) is 18.5. The van der Waals surface area contributed by atoms with Crippen molar-refractivity contribution in [1.29, 1.82) is 0 Å². The van der Waals surface area contributed by atoms with Crippen LogP contribution in [0.5, 0.6) is 0 Å². The molecule has 0 amide bonds. The van der Waals surface area contributed by atoms with Crippen LogP contribution in [0, 0.1) is 5.82 Å². The molecule has 0 radical (unpaired) electrons. The maximum absolute atomic E-state index is 13.8. The molecule has 0 saturated heterocycles. The third-order valence-electron chi connectivity index (χ3n) is 4.30. The number of aryl methyl sites for hydroxylation is 1. The summed E-state index contributed by atoms with van der Waals surface area (Å²) in [5.41, 5.74) is 4.06. The molecule has 19 heavy (non-hydrogen) atoms. The van der Waals surface area contributed by atoms with E-state index >= 15 is 0 Å². The second-order valence-electron chi connectivity index (χ2n) is 5.35. The highest BCUT2D eigenvalue weighted by Crippen LogP contribution is 2.34. The number of nitrogens with zero attached hydrogens (tertiary/aromatic N) is 1. The zero-order valence-electron chi connectivity index (χ0n) is 10.6. The van der Waals surface area contributed by atoms with Crippen LogP contribution in [0.2, 0.25) is 0 Å². The molecule has 1 aromatic carbocycles. The molecule has 0 atom stereocenters. The van der Waals surface area contributed by atoms with Gasteiger partial charge in [0.15, 0.2) is 5.78 Å². The van der Waals surface area contributed by atoms with Crippen molar-refractivity contribution in [2.24, 2.45) is 0 Å². The van der Waals surface area contributed by atoms with Crippen molar-refractivity contribution in [3.05, 3.63) is 34.8 Å². The molecule has 0 spiro atoms. The third-order valence-corrected chi connectivity index (χ3v) is 4.30. The lowest BCUT2D eigenvalue weighted by Gasteiger charge is -2.17. The van der Waals surface area contributed by atoms with Gasteiger partial charge in [-0.2, -0.15) is 0 Å². The van der Waals surface area contributed by atoms with E-state index in [-0.39, 0.29) is 11.6 Å². The molecular formula is C15H15FN2O. The van der Waals surface area contributed by atoms with Crippen molar-refractivity contribution in [2.45, 2.75) is 25.8 Å². The van der Waals surface area contributed by atoms with Gasteiger partial charge in [-0.3, -0.25) is 4.79 Å². The van der Waals surface area contributed by atoms with Gasteiger partial charge < -0.3 is 9.88 Å². The maximum Gasteiger partial charge on any atom is 0.166 e. The summed E-state index contributed by atoms with van der Waals surface area (Å²) in [6.07, 6.45) is 2.36. The summed E-state index contributed by atoms with van der Waals surface area (Å²) in [6, 6.07) is 3.00. The van der Waals surface area contributed by atoms with Crippen molar-refractivity contribution in [3.63, 3.8) is 0 Å². The summed E-state index contributed by atoms with van der Waals surface area (Å²) in [5.74, 6) is -0.224. The van der Waals surface area contributed by atoms with Crippen LogP contribution in [0.15, 0.2) is 12.1 Å². The number of Topliss-reactive ketones (excluding diaryl/α,β-unsaturated/α-hetero) is 1. The Morgan fingerprint density at radius 3 is 2.89 bits per heavy atom. The molecule has 0 bridgehead atoms. The topological polar surface area (TPSA) is 34.0 Å². The summed E-state index contributed by atoms with van der Waals surface area (Å²) in [4.78, 5) is 12.0. The van der Waals surface area contributed by atoms with Gasteiger partial charge in [0.1, 0.15) is 5.82 Å². The molecule has 1 aromatic heterocycles. The maximum atomic E-state index is 13.8. The predicted octanol–water partition coefficient (Wildman–Crippen LogP) is 2.05. The van der Waals surface area contributed by atoms with Gasteiger partial charge in [-0.05, 0) is 30.7 Å². The number of fused-ring (bicyclic) bond motifs is 3. The Balaban J connectivity index is 2.13. The summed E-state index contributed by atoms with van der Waals surface area (Å²) < 4.78 is 16.0. The van der Waals surface area contributed by atoms with Gasteiger partial charge in [0, 0.05) is 42.6 Å². The van der Waals surface area contributed by atoms with Gasteiger partial charge in [-0.25, -0.2) is 4.39 Å². The fraction of sp³-hybridized carbons (Fsp3) is 0.400. The van der Waals surface area contributed by atoms with Crippen LogP contribution in [0.1, 0.15) is 28.0 Å². The number of carbonyl (C=O) groups excluding carboxylic acids is 1. The van der Waals surface area contributed by atoms with Gasteiger partial charge in [-0.15, -0.1) is 0 Å². The molecule has 2 aliphatic rings. The first-order chi connectivity index (χ1) is 9.25. The Morgan fingerprint density at radius 2 is 2.00 bits per heavy atom. The van der Waals surface area contributed by atoms with Gasteiger partial charge in [-0.1, -0.05) is 0 Å². The molecule has 3 heterocycles. The van der Waals surface area contributed by atoms with E-state index in [1.165, 1.54) is 17.3 Å². The van der Waals surface area contributed by atoms with E-state index in [9.17, 15) is 9.18 Å². The number of ketones is 1. The molecule has 3 nitrogen and oxygen atoms in total. The Morgan fingerprint density at radius 1 is 1.16 bits per heavy atom. The summed E-state index contributed by atoms with van der Waals surface area (Å²) in [7, 11) is 0. The van der Waals surface area contributed by atoms with E-state index in [2.05, 4.69) is 9.88 Å². The summed E-state index contributed by atoms with van der Waals surface area (Å²) in [5, 5.41) is 4.32.